The second kappa shape index (κ2) is 6.52. The Morgan fingerprint density at radius 3 is 2.56 bits per heavy atom. The van der Waals surface area contributed by atoms with Crippen molar-refractivity contribution in [3.8, 4) is 0 Å². The first-order chi connectivity index (χ1) is 8.75. The molecule has 0 saturated carbocycles. The lowest BCUT2D eigenvalue weighted by Gasteiger charge is -2.21. The van der Waals surface area contributed by atoms with Crippen LogP contribution < -0.4 is 0 Å². The van der Waals surface area contributed by atoms with E-state index in [0.29, 0.717) is 18.1 Å². The van der Waals surface area contributed by atoms with E-state index in [1.54, 1.807) is 24.3 Å². The minimum absolute atomic E-state index is 0.308. The molecule has 1 fully saturated rings. The van der Waals surface area contributed by atoms with Crippen LogP contribution >= 0.6 is 0 Å². The van der Waals surface area contributed by atoms with Gasteiger partial charge < -0.3 is 14.6 Å². The zero-order valence-corrected chi connectivity index (χ0v) is 10.3. The van der Waals surface area contributed by atoms with Crippen molar-refractivity contribution < 1.29 is 19.4 Å². The van der Waals surface area contributed by atoms with Crippen LogP contribution in [0.25, 0.3) is 0 Å². The first-order valence-electron chi connectivity index (χ1n) is 6.23. The molecule has 4 nitrogen and oxygen atoms in total. The summed E-state index contributed by atoms with van der Waals surface area (Å²) in [5.74, 6) is -0.304. The van der Waals surface area contributed by atoms with Gasteiger partial charge in [-0.3, -0.25) is 0 Å². The molecule has 1 N–H and O–H groups in total. The summed E-state index contributed by atoms with van der Waals surface area (Å²) < 4.78 is 10.9. The zero-order valence-electron chi connectivity index (χ0n) is 10.3. The van der Waals surface area contributed by atoms with E-state index in [9.17, 15) is 4.79 Å². The number of carboxylic acid groups (broad SMARTS) is 1. The third-order valence-corrected chi connectivity index (χ3v) is 3.16. The molecular formula is C14H18O4. The molecule has 98 valence electrons. The highest BCUT2D eigenvalue weighted by atomic mass is 16.5. The van der Waals surface area contributed by atoms with Crippen LogP contribution in [0.15, 0.2) is 24.3 Å². The lowest BCUT2D eigenvalue weighted by Crippen LogP contribution is -2.20. The monoisotopic (exact) mass is 250 g/mol. The molecule has 0 radical (unpaired) electrons. The summed E-state index contributed by atoms with van der Waals surface area (Å²) in [7, 11) is 0. The fourth-order valence-corrected chi connectivity index (χ4v) is 2.00. The van der Waals surface area contributed by atoms with Gasteiger partial charge in [-0.2, -0.15) is 0 Å². The fraction of sp³-hybridized carbons (Fsp3) is 0.500. The van der Waals surface area contributed by atoms with Crippen LogP contribution in [0, 0.1) is 5.92 Å². The number of carbonyl (C=O) groups is 1. The van der Waals surface area contributed by atoms with Crippen LogP contribution in [0.3, 0.4) is 0 Å². The maximum Gasteiger partial charge on any atom is 0.335 e. The van der Waals surface area contributed by atoms with E-state index in [2.05, 4.69) is 0 Å². The Balaban J connectivity index is 1.74. The summed E-state index contributed by atoms with van der Waals surface area (Å²) in [6, 6.07) is 6.81. The number of hydrogen-bond donors (Lipinski definition) is 1. The zero-order chi connectivity index (χ0) is 12.8. The standard InChI is InChI=1S/C14H18O4/c15-14(16)13-3-1-11(2-4-13)9-18-10-12-5-7-17-8-6-12/h1-4,12H,5-10H2,(H,15,16). The van der Waals surface area contributed by atoms with Crippen molar-refractivity contribution in [3.63, 3.8) is 0 Å². The molecule has 0 aromatic heterocycles. The Morgan fingerprint density at radius 2 is 1.94 bits per heavy atom. The largest absolute Gasteiger partial charge is 0.478 e. The van der Waals surface area contributed by atoms with Crippen molar-refractivity contribution in [2.45, 2.75) is 19.4 Å². The maximum absolute atomic E-state index is 10.7. The summed E-state index contributed by atoms with van der Waals surface area (Å²) in [6.45, 7) is 2.96. The van der Waals surface area contributed by atoms with E-state index in [0.717, 1.165) is 38.2 Å². The topological polar surface area (TPSA) is 55.8 Å². The van der Waals surface area contributed by atoms with Gasteiger partial charge in [-0.1, -0.05) is 12.1 Å². The lowest BCUT2D eigenvalue weighted by molar-refractivity contribution is 0.0157. The Kier molecular flexibility index (Phi) is 4.73. The van der Waals surface area contributed by atoms with E-state index in [1.807, 2.05) is 0 Å². The molecule has 18 heavy (non-hydrogen) atoms. The van der Waals surface area contributed by atoms with Gasteiger partial charge in [0.25, 0.3) is 0 Å². The van der Waals surface area contributed by atoms with E-state index in [-0.39, 0.29) is 0 Å². The Morgan fingerprint density at radius 1 is 1.28 bits per heavy atom. The smallest absolute Gasteiger partial charge is 0.335 e. The van der Waals surface area contributed by atoms with Gasteiger partial charge >= 0.3 is 5.97 Å². The number of rotatable bonds is 5. The third-order valence-electron chi connectivity index (χ3n) is 3.16. The van der Waals surface area contributed by atoms with Gasteiger partial charge in [0.15, 0.2) is 0 Å². The molecule has 0 aliphatic carbocycles. The molecule has 0 bridgehead atoms. The fourth-order valence-electron chi connectivity index (χ4n) is 2.00. The molecule has 0 atom stereocenters. The number of benzene rings is 1. The van der Waals surface area contributed by atoms with Crippen LogP contribution in [0.4, 0.5) is 0 Å². The minimum Gasteiger partial charge on any atom is -0.478 e. The normalized spacial score (nSPS) is 16.7. The van der Waals surface area contributed by atoms with Gasteiger partial charge in [0.1, 0.15) is 0 Å². The Labute approximate surface area is 107 Å². The molecular weight excluding hydrogens is 232 g/mol. The summed E-state index contributed by atoms with van der Waals surface area (Å²) in [5, 5.41) is 8.78. The molecule has 0 amide bonds. The molecule has 0 unspecified atom stereocenters. The van der Waals surface area contributed by atoms with E-state index in [4.69, 9.17) is 14.6 Å². The highest BCUT2D eigenvalue weighted by Gasteiger charge is 2.13. The van der Waals surface area contributed by atoms with Crippen molar-refractivity contribution in [3.05, 3.63) is 35.4 Å². The van der Waals surface area contributed by atoms with Crippen molar-refractivity contribution in [2.24, 2.45) is 5.92 Å². The first-order valence-corrected chi connectivity index (χ1v) is 6.23. The van der Waals surface area contributed by atoms with Crippen LogP contribution in [-0.4, -0.2) is 30.9 Å². The summed E-state index contributed by atoms with van der Waals surface area (Å²) >= 11 is 0. The SMILES string of the molecule is O=C(O)c1ccc(COCC2CCOCC2)cc1. The molecule has 1 aromatic carbocycles. The van der Waals surface area contributed by atoms with Gasteiger partial charge in [-0.05, 0) is 36.5 Å². The summed E-state index contributed by atoms with van der Waals surface area (Å²) in [4.78, 5) is 10.7. The molecule has 0 spiro atoms. The van der Waals surface area contributed by atoms with Crippen molar-refractivity contribution >= 4 is 5.97 Å². The average Bonchev–Trinajstić information content (AvgIpc) is 2.40. The van der Waals surface area contributed by atoms with Gasteiger partial charge in [0.05, 0.1) is 18.8 Å². The quantitative estimate of drug-likeness (QED) is 0.871. The van der Waals surface area contributed by atoms with E-state index < -0.39 is 5.97 Å². The van der Waals surface area contributed by atoms with Gasteiger partial charge in [-0.25, -0.2) is 4.79 Å². The lowest BCUT2D eigenvalue weighted by atomic mass is 10.0. The van der Waals surface area contributed by atoms with Crippen LogP contribution in [0.1, 0.15) is 28.8 Å². The highest BCUT2D eigenvalue weighted by Crippen LogP contribution is 2.15. The molecule has 1 aliphatic heterocycles. The number of aromatic carboxylic acids is 1. The molecule has 2 rings (SSSR count). The molecule has 1 aromatic rings. The first kappa shape index (κ1) is 13.1. The van der Waals surface area contributed by atoms with E-state index >= 15 is 0 Å². The average molecular weight is 250 g/mol. The number of carboxylic acids is 1. The van der Waals surface area contributed by atoms with Gasteiger partial charge in [0, 0.05) is 13.2 Å². The number of ether oxygens (including phenoxy) is 2. The third kappa shape index (κ3) is 3.82. The van der Waals surface area contributed by atoms with Crippen molar-refractivity contribution in [1.29, 1.82) is 0 Å². The summed E-state index contributed by atoms with van der Waals surface area (Å²) in [5.41, 5.74) is 1.32. The molecule has 1 saturated heterocycles. The minimum atomic E-state index is -0.898. The molecule has 1 heterocycles. The second-order valence-electron chi connectivity index (χ2n) is 4.57. The van der Waals surface area contributed by atoms with Crippen LogP contribution in [0.5, 0.6) is 0 Å². The molecule has 1 aliphatic rings. The predicted molar refractivity (Wildman–Crippen MR) is 66.6 cm³/mol. The molecule has 4 heteroatoms. The van der Waals surface area contributed by atoms with Crippen LogP contribution in [0.2, 0.25) is 0 Å². The van der Waals surface area contributed by atoms with Gasteiger partial charge in [-0.15, -0.1) is 0 Å². The van der Waals surface area contributed by atoms with Crippen molar-refractivity contribution in [2.75, 3.05) is 19.8 Å². The number of hydrogen-bond acceptors (Lipinski definition) is 3. The highest BCUT2D eigenvalue weighted by molar-refractivity contribution is 5.87. The second-order valence-corrected chi connectivity index (χ2v) is 4.57. The predicted octanol–water partition coefficient (Wildman–Crippen LogP) is 2.33. The van der Waals surface area contributed by atoms with Gasteiger partial charge in [0.2, 0.25) is 0 Å². The van der Waals surface area contributed by atoms with Crippen molar-refractivity contribution in [1.82, 2.24) is 0 Å². The maximum atomic E-state index is 10.7. The van der Waals surface area contributed by atoms with E-state index in [1.165, 1.54) is 0 Å². The van der Waals surface area contributed by atoms with Crippen LogP contribution in [-0.2, 0) is 16.1 Å². The Bertz CT molecular complexity index is 379. The Hall–Kier alpha value is -1.39. The summed E-state index contributed by atoms with van der Waals surface area (Å²) in [6.07, 6.45) is 2.13.